The number of nitrogens with zero attached hydrogens (tertiary/aromatic N) is 2. The molecule has 1 N–H and O–H groups in total. The van der Waals surface area contributed by atoms with E-state index in [0.717, 1.165) is 22.6 Å². The molecule has 2 aromatic carbocycles. The van der Waals surface area contributed by atoms with E-state index >= 15 is 0 Å². The van der Waals surface area contributed by atoms with Crippen LogP contribution in [0.15, 0.2) is 66.9 Å². The van der Waals surface area contributed by atoms with Crippen LogP contribution in [-0.2, 0) is 17.9 Å². The fourth-order valence-corrected chi connectivity index (χ4v) is 3.83. The van der Waals surface area contributed by atoms with E-state index in [4.69, 9.17) is 14.2 Å². The van der Waals surface area contributed by atoms with Gasteiger partial charge in [0.25, 0.3) is 0 Å². The third-order valence-corrected chi connectivity index (χ3v) is 5.51. The molecule has 7 nitrogen and oxygen atoms in total. The molecule has 4 rings (SSSR count). The number of β-amino-alcohol motifs (C(OH)–C–C–N with tert-alkyl or cyclic N) is 1. The number of hydrogen-bond donors (Lipinski definition) is 1. The maximum Gasteiger partial charge on any atom is 0.246 e. The van der Waals surface area contributed by atoms with Crippen molar-refractivity contribution in [1.29, 1.82) is 0 Å². The highest BCUT2D eigenvalue weighted by molar-refractivity contribution is 5.92. The van der Waals surface area contributed by atoms with Crippen molar-refractivity contribution in [2.45, 2.75) is 19.3 Å². The Morgan fingerprint density at radius 2 is 1.85 bits per heavy atom. The summed E-state index contributed by atoms with van der Waals surface area (Å²) in [4.78, 5) is 18.7. The second-order valence-electron chi connectivity index (χ2n) is 7.61. The van der Waals surface area contributed by atoms with E-state index in [0.29, 0.717) is 30.2 Å². The van der Waals surface area contributed by atoms with Crippen molar-refractivity contribution in [3.63, 3.8) is 0 Å². The Morgan fingerprint density at radius 3 is 2.55 bits per heavy atom. The highest BCUT2D eigenvalue weighted by Gasteiger charge is 2.31. The molecule has 0 aliphatic carbocycles. The minimum absolute atomic E-state index is 0.181. The average molecular weight is 447 g/mol. The second-order valence-corrected chi connectivity index (χ2v) is 7.61. The Balaban J connectivity index is 1.41. The summed E-state index contributed by atoms with van der Waals surface area (Å²) in [5.41, 5.74) is 3.15. The minimum atomic E-state index is -0.855. The van der Waals surface area contributed by atoms with Crippen LogP contribution < -0.4 is 14.2 Å². The number of aromatic nitrogens is 1. The first-order valence-electron chi connectivity index (χ1n) is 10.6. The van der Waals surface area contributed by atoms with Gasteiger partial charge in [-0.15, -0.1) is 0 Å². The maximum absolute atomic E-state index is 12.8. The summed E-state index contributed by atoms with van der Waals surface area (Å²) < 4.78 is 16.6. The average Bonchev–Trinajstić information content (AvgIpc) is 2.86. The lowest BCUT2D eigenvalue weighted by molar-refractivity contribution is -0.128. The number of carbonyl (C=O) groups excluding carboxylic acids is 1. The fraction of sp³-hybridized carbons (Fsp3) is 0.231. The van der Waals surface area contributed by atoms with Crippen molar-refractivity contribution in [3.05, 3.63) is 89.3 Å². The highest BCUT2D eigenvalue weighted by atomic mass is 16.5. The van der Waals surface area contributed by atoms with Gasteiger partial charge in [-0.2, -0.15) is 0 Å². The molecule has 170 valence electrons. The van der Waals surface area contributed by atoms with Crippen molar-refractivity contribution in [3.8, 4) is 17.2 Å². The molecule has 0 saturated heterocycles. The largest absolute Gasteiger partial charge is 0.496 e. The molecule has 1 unspecified atom stereocenters. The van der Waals surface area contributed by atoms with E-state index in [1.54, 1.807) is 43.5 Å². The van der Waals surface area contributed by atoms with Gasteiger partial charge in [0.15, 0.2) is 0 Å². The van der Waals surface area contributed by atoms with Gasteiger partial charge in [-0.25, -0.2) is 0 Å². The molecule has 1 aliphatic rings. The summed E-state index contributed by atoms with van der Waals surface area (Å²) in [5.74, 6) is 1.74. The normalized spacial score (nSPS) is 15.2. The number of rotatable bonds is 7. The zero-order valence-electron chi connectivity index (χ0n) is 18.6. The molecule has 33 heavy (non-hydrogen) atoms. The van der Waals surface area contributed by atoms with Crippen molar-refractivity contribution < 1.29 is 24.1 Å². The Morgan fingerprint density at radius 1 is 1.09 bits per heavy atom. The fourth-order valence-electron chi connectivity index (χ4n) is 3.83. The molecule has 1 atom stereocenters. The molecule has 1 amide bonds. The predicted molar refractivity (Wildman–Crippen MR) is 124 cm³/mol. The van der Waals surface area contributed by atoms with Crippen LogP contribution in [0, 0.1) is 0 Å². The van der Waals surface area contributed by atoms with Crippen LogP contribution in [-0.4, -0.2) is 41.7 Å². The first-order chi connectivity index (χ1) is 16.1. The Kier molecular flexibility index (Phi) is 6.90. The molecule has 1 aliphatic heterocycles. The molecule has 0 saturated carbocycles. The number of aliphatic hydroxyl groups is 1. The number of amides is 1. The van der Waals surface area contributed by atoms with Crippen molar-refractivity contribution in [2.75, 3.05) is 20.8 Å². The minimum Gasteiger partial charge on any atom is -0.496 e. The lowest BCUT2D eigenvalue weighted by Gasteiger charge is -2.33. The third-order valence-electron chi connectivity index (χ3n) is 5.51. The lowest BCUT2D eigenvalue weighted by Crippen LogP contribution is -2.37. The number of ether oxygens (including phenoxy) is 3. The number of hydrogen-bond acceptors (Lipinski definition) is 6. The van der Waals surface area contributed by atoms with E-state index < -0.39 is 6.10 Å². The molecule has 7 heteroatoms. The smallest absolute Gasteiger partial charge is 0.246 e. The number of carbonyl (C=O) groups is 1. The predicted octanol–water partition coefficient (Wildman–Crippen LogP) is 3.77. The number of fused-ring (bicyclic) bond motifs is 1. The van der Waals surface area contributed by atoms with Crippen LogP contribution in [0.1, 0.15) is 28.5 Å². The quantitative estimate of drug-likeness (QED) is 0.557. The van der Waals surface area contributed by atoms with Crippen LogP contribution in [0.4, 0.5) is 0 Å². The summed E-state index contributed by atoms with van der Waals surface area (Å²) in [6, 6.07) is 16.7. The van der Waals surface area contributed by atoms with Crippen LogP contribution in [0.3, 0.4) is 0 Å². The number of methoxy groups -OCH3 is 2. The van der Waals surface area contributed by atoms with Gasteiger partial charge in [-0.3, -0.25) is 9.78 Å². The monoisotopic (exact) mass is 446 g/mol. The van der Waals surface area contributed by atoms with Gasteiger partial charge in [0, 0.05) is 23.4 Å². The van der Waals surface area contributed by atoms with E-state index in [9.17, 15) is 9.90 Å². The van der Waals surface area contributed by atoms with Crippen LogP contribution in [0.2, 0.25) is 0 Å². The van der Waals surface area contributed by atoms with Gasteiger partial charge in [0.05, 0.1) is 33.0 Å². The zero-order valence-corrected chi connectivity index (χ0v) is 18.6. The molecule has 0 spiro atoms. The van der Waals surface area contributed by atoms with Gasteiger partial charge in [-0.05, 0) is 48.0 Å². The number of aliphatic hydroxyl groups excluding tert-OH is 1. The molecule has 0 radical (unpaired) electrons. The van der Waals surface area contributed by atoms with Crippen LogP contribution in [0.25, 0.3) is 6.08 Å². The summed E-state index contributed by atoms with van der Waals surface area (Å²) >= 11 is 0. The first-order valence-corrected chi connectivity index (χ1v) is 10.6. The van der Waals surface area contributed by atoms with Crippen molar-refractivity contribution in [2.24, 2.45) is 0 Å². The topological polar surface area (TPSA) is 81.1 Å². The molecule has 0 fully saturated rings. The first kappa shape index (κ1) is 22.4. The highest BCUT2D eigenvalue weighted by Crippen LogP contribution is 2.39. The lowest BCUT2D eigenvalue weighted by atomic mass is 9.95. The van der Waals surface area contributed by atoms with Gasteiger partial charge < -0.3 is 24.2 Å². The van der Waals surface area contributed by atoms with E-state index in [1.165, 1.54) is 6.08 Å². The van der Waals surface area contributed by atoms with Crippen LogP contribution >= 0.6 is 0 Å². The molecule has 3 aromatic rings. The standard InChI is InChI=1S/C26H26N2O5/c1-31-23-11-12-24(32-2)26-21(23)15-28(16-22(26)29)25(30)13-8-18-6-9-20(10-7-18)33-17-19-5-3-4-14-27-19/h3-14,22,29H,15-17H2,1-2H3/b13-8+. The molecule has 0 bridgehead atoms. The summed E-state index contributed by atoms with van der Waals surface area (Å²) in [5, 5.41) is 10.7. The number of pyridine rings is 1. The Labute approximate surface area is 192 Å². The second kappa shape index (κ2) is 10.2. The van der Waals surface area contributed by atoms with E-state index in [1.807, 2.05) is 42.5 Å². The van der Waals surface area contributed by atoms with Crippen molar-refractivity contribution >= 4 is 12.0 Å². The zero-order chi connectivity index (χ0) is 23.2. The van der Waals surface area contributed by atoms with Crippen LogP contribution in [0.5, 0.6) is 17.2 Å². The summed E-state index contributed by atoms with van der Waals surface area (Å²) in [6.45, 7) is 0.901. The Hall–Kier alpha value is -3.84. The number of benzene rings is 2. The molecular formula is C26H26N2O5. The maximum atomic E-state index is 12.8. The van der Waals surface area contributed by atoms with Gasteiger partial charge in [-0.1, -0.05) is 18.2 Å². The third kappa shape index (κ3) is 5.15. The SMILES string of the molecule is COc1ccc(OC)c2c1CN(C(=O)/C=C/c1ccc(OCc3ccccn3)cc1)CC2O. The Bertz CT molecular complexity index is 1130. The molecule has 1 aromatic heterocycles. The van der Waals surface area contributed by atoms with E-state index in [-0.39, 0.29) is 12.5 Å². The van der Waals surface area contributed by atoms with Crippen molar-refractivity contribution in [1.82, 2.24) is 9.88 Å². The molecule has 2 heterocycles. The van der Waals surface area contributed by atoms with Gasteiger partial charge in [0.1, 0.15) is 30.0 Å². The van der Waals surface area contributed by atoms with Gasteiger partial charge in [0.2, 0.25) is 5.91 Å². The molecular weight excluding hydrogens is 420 g/mol. The van der Waals surface area contributed by atoms with E-state index in [2.05, 4.69) is 4.98 Å². The summed E-state index contributed by atoms with van der Waals surface area (Å²) in [6.07, 6.45) is 4.13. The van der Waals surface area contributed by atoms with Gasteiger partial charge >= 0.3 is 0 Å². The summed E-state index contributed by atoms with van der Waals surface area (Å²) in [7, 11) is 3.13.